The standard InChI is InChI=1S/C13H8F3NO4/c14-13(15,16)21-9-4-2-1-3-7(9)8-5-6-10(18)17-11(8)12(19)20/h1-6H,(H,17,18)(H,19,20). The molecule has 5 nitrogen and oxygen atoms in total. The molecular formula is C13H8F3NO4. The highest BCUT2D eigenvalue weighted by atomic mass is 19.4. The molecule has 1 aromatic heterocycles. The predicted molar refractivity (Wildman–Crippen MR) is 66.1 cm³/mol. The van der Waals surface area contributed by atoms with Crippen LogP contribution in [-0.4, -0.2) is 22.4 Å². The minimum Gasteiger partial charge on any atom is -0.477 e. The van der Waals surface area contributed by atoms with E-state index in [0.29, 0.717) is 0 Å². The van der Waals surface area contributed by atoms with E-state index in [4.69, 9.17) is 5.11 Å². The summed E-state index contributed by atoms with van der Waals surface area (Å²) in [7, 11) is 0. The topological polar surface area (TPSA) is 79.4 Å². The number of hydrogen-bond acceptors (Lipinski definition) is 3. The first-order chi connectivity index (χ1) is 9.78. The number of carboxylic acid groups (broad SMARTS) is 1. The van der Waals surface area contributed by atoms with E-state index in [1.165, 1.54) is 18.2 Å². The summed E-state index contributed by atoms with van der Waals surface area (Å²) >= 11 is 0. The average Bonchev–Trinajstić information content (AvgIpc) is 2.37. The number of carboxylic acids is 1. The van der Waals surface area contributed by atoms with Crippen molar-refractivity contribution in [2.24, 2.45) is 0 Å². The highest BCUT2D eigenvalue weighted by molar-refractivity contribution is 5.94. The molecule has 2 aromatic rings. The number of aromatic amines is 1. The van der Waals surface area contributed by atoms with Gasteiger partial charge in [0.25, 0.3) is 0 Å². The smallest absolute Gasteiger partial charge is 0.477 e. The Bertz CT molecular complexity index is 737. The summed E-state index contributed by atoms with van der Waals surface area (Å²) in [5, 5.41) is 9.04. The lowest BCUT2D eigenvalue weighted by Crippen LogP contribution is -2.18. The van der Waals surface area contributed by atoms with E-state index in [2.05, 4.69) is 9.72 Å². The lowest BCUT2D eigenvalue weighted by atomic mass is 10.0. The fraction of sp³-hybridized carbons (Fsp3) is 0.0769. The number of aromatic nitrogens is 1. The molecule has 8 heteroatoms. The number of hydrogen-bond donors (Lipinski definition) is 2. The van der Waals surface area contributed by atoms with Crippen LogP contribution in [0.2, 0.25) is 0 Å². The van der Waals surface area contributed by atoms with Crippen LogP contribution in [0, 0.1) is 0 Å². The van der Waals surface area contributed by atoms with Gasteiger partial charge in [-0.15, -0.1) is 13.2 Å². The van der Waals surface area contributed by atoms with E-state index in [0.717, 1.165) is 18.2 Å². The summed E-state index contributed by atoms with van der Waals surface area (Å²) in [6, 6.07) is 7.21. The number of benzene rings is 1. The fourth-order valence-electron chi connectivity index (χ4n) is 1.77. The Labute approximate surface area is 115 Å². The van der Waals surface area contributed by atoms with Gasteiger partial charge in [-0.3, -0.25) is 4.79 Å². The summed E-state index contributed by atoms with van der Waals surface area (Å²) in [5.41, 5.74) is -1.36. The van der Waals surface area contributed by atoms with Crippen molar-refractivity contribution in [2.75, 3.05) is 0 Å². The lowest BCUT2D eigenvalue weighted by Gasteiger charge is -2.14. The largest absolute Gasteiger partial charge is 0.573 e. The molecular weight excluding hydrogens is 291 g/mol. The zero-order valence-electron chi connectivity index (χ0n) is 10.3. The number of carbonyl (C=O) groups is 1. The number of para-hydroxylation sites is 1. The summed E-state index contributed by atoms with van der Waals surface area (Å²) in [5.74, 6) is -2.02. The Hall–Kier alpha value is -2.77. The summed E-state index contributed by atoms with van der Waals surface area (Å²) < 4.78 is 41.0. The van der Waals surface area contributed by atoms with E-state index < -0.39 is 29.3 Å². The van der Waals surface area contributed by atoms with Gasteiger partial charge in [0.2, 0.25) is 5.56 Å². The number of nitrogens with one attached hydrogen (secondary N) is 1. The first kappa shape index (κ1) is 14.6. The fourth-order valence-corrected chi connectivity index (χ4v) is 1.77. The second kappa shape index (κ2) is 5.31. The number of rotatable bonds is 3. The van der Waals surface area contributed by atoms with Crippen LogP contribution in [0.4, 0.5) is 13.2 Å². The van der Waals surface area contributed by atoms with E-state index in [1.807, 2.05) is 0 Å². The molecule has 0 unspecified atom stereocenters. The van der Waals surface area contributed by atoms with Crippen LogP contribution >= 0.6 is 0 Å². The average molecular weight is 299 g/mol. The van der Waals surface area contributed by atoms with Gasteiger partial charge in [-0.2, -0.15) is 0 Å². The van der Waals surface area contributed by atoms with Gasteiger partial charge in [0.15, 0.2) is 0 Å². The summed E-state index contributed by atoms with van der Waals surface area (Å²) in [6.45, 7) is 0. The third-order valence-electron chi connectivity index (χ3n) is 2.54. The minimum atomic E-state index is -4.92. The van der Waals surface area contributed by atoms with E-state index in [9.17, 15) is 22.8 Å². The molecule has 110 valence electrons. The molecule has 0 atom stereocenters. The van der Waals surface area contributed by atoms with Crippen molar-refractivity contribution in [1.82, 2.24) is 4.98 Å². The predicted octanol–water partition coefficient (Wildman–Crippen LogP) is 2.64. The monoisotopic (exact) mass is 299 g/mol. The molecule has 0 bridgehead atoms. The Balaban J connectivity index is 2.63. The Kier molecular flexibility index (Phi) is 3.70. The number of alkyl halides is 3. The molecule has 0 aliphatic rings. The molecule has 0 radical (unpaired) electrons. The highest BCUT2D eigenvalue weighted by Gasteiger charge is 2.32. The molecule has 2 N–H and O–H groups in total. The maximum atomic E-state index is 12.4. The van der Waals surface area contributed by atoms with E-state index in [-0.39, 0.29) is 11.1 Å². The Morgan fingerprint density at radius 1 is 1.10 bits per heavy atom. The van der Waals surface area contributed by atoms with Crippen LogP contribution in [0.25, 0.3) is 11.1 Å². The van der Waals surface area contributed by atoms with Crippen molar-refractivity contribution in [1.29, 1.82) is 0 Å². The Morgan fingerprint density at radius 2 is 1.76 bits per heavy atom. The molecule has 1 aromatic carbocycles. The van der Waals surface area contributed by atoms with Crippen molar-refractivity contribution >= 4 is 5.97 Å². The molecule has 21 heavy (non-hydrogen) atoms. The van der Waals surface area contributed by atoms with Crippen LogP contribution in [0.1, 0.15) is 10.5 Å². The number of ether oxygens (including phenoxy) is 1. The van der Waals surface area contributed by atoms with E-state index in [1.54, 1.807) is 0 Å². The normalized spacial score (nSPS) is 11.2. The van der Waals surface area contributed by atoms with Crippen molar-refractivity contribution in [3.8, 4) is 16.9 Å². The van der Waals surface area contributed by atoms with Gasteiger partial charge in [0, 0.05) is 17.2 Å². The SMILES string of the molecule is O=C(O)c1[nH]c(=O)ccc1-c1ccccc1OC(F)(F)F. The van der Waals surface area contributed by atoms with Crippen molar-refractivity contribution in [3.63, 3.8) is 0 Å². The second-order valence-electron chi connectivity index (χ2n) is 3.96. The van der Waals surface area contributed by atoms with Crippen LogP contribution < -0.4 is 10.3 Å². The number of halogens is 3. The second-order valence-corrected chi connectivity index (χ2v) is 3.96. The molecule has 2 rings (SSSR count). The van der Waals surface area contributed by atoms with Gasteiger partial charge in [-0.1, -0.05) is 18.2 Å². The summed E-state index contributed by atoms with van der Waals surface area (Å²) in [6.07, 6.45) is -4.92. The number of H-pyrrole nitrogens is 1. The quantitative estimate of drug-likeness (QED) is 0.913. The van der Waals surface area contributed by atoms with Gasteiger partial charge in [-0.25, -0.2) is 4.79 Å². The summed E-state index contributed by atoms with van der Waals surface area (Å²) in [4.78, 5) is 24.3. The van der Waals surface area contributed by atoms with Crippen LogP contribution in [0.3, 0.4) is 0 Å². The molecule has 0 amide bonds. The van der Waals surface area contributed by atoms with Gasteiger partial charge in [-0.05, 0) is 12.1 Å². The first-order valence-corrected chi connectivity index (χ1v) is 5.60. The van der Waals surface area contributed by atoms with Crippen molar-refractivity contribution < 1.29 is 27.8 Å². The number of pyridine rings is 1. The molecule has 0 saturated carbocycles. The molecule has 0 saturated heterocycles. The van der Waals surface area contributed by atoms with Crippen molar-refractivity contribution in [2.45, 2.75) is 6.36 Å². The maximum absolute atomic E-state index is 12.4. The zero-order chi connectivity index (χ0) is 15.6. The van der Waals surface area contributed by atoms with E-state index >= 15 is 0 Å². The van der Waals surface area contributed by atoms with Crippen molar-refractivity contribution in [3.05, 3.63) is 52.4 Å². The molecule has 0 fully saturated rings. The molecule has 0 aliphatic carbocycles. The minimum absolute atomic E-state index is 0.0815. The van der Waals surface area contributed by atoms with Crippen LogP contribution in [0.15, 0.2) is 41.2 Å². The van der Waals surface area contributed by atoms with Crippen LogP contribution in [0.5, 0.6) is 5.75 Å². The molecule has 0 spiro atoms. The third kappa shape index (κ3) is 3.41. The van der Waals surface area contributed by atoms with Crippen LogP contribution in [-0.2, 0) is 0 Å². The molecule has 1 heterocycles. The van der Waals surface area contributed by atoms with Gasteiger partial charge < -0.3 is 14.8 Å². The third-order valence-corrected chi connectivity index (χ3v) is 2.54. The lowest BCUT2D eigenvalue weighted by molar-refractivity contribution is -0.274. The van der Waals surface area contributed by atoms with Gasteiger partial charge in [0.05, 0.1) is 0 Å². The first-order valence-electron chi connectivity index (χ1n) is 5.60. The number of aromatic carboxylic acids is 1. The van der Waals surface area contributed by atoms with Gasteiger partial charge >= 0.3 is 12.3 Å². The zero-order valence-corrected chi connectivity index (χ0v) is 10.3. The Morgan fingerprint density at radius 3 is 2.38 bits per heavy atom. The highest BCUT2D eigenvalue weighted by Crippen LogP contribution is 2.34. The molecule has 0 aliphatic heterocycles. The van der Waals surface area contributed by atoms with Gasteiger partial charge in [0.1, 0.15) is 11.4 Å². The maximum Gasteiger partial charge on any atom is 0.573 e.